The molecule has 10 N–H and O–H groups in total. The maximum Gasteiger partial charge on any atom is 0.373 e. The SMILES string of the molecule is CCCN(CCn1cnc2c(=O)[nH]c(N)nc21)CCP(=O)(N[C@@H](Cc1ccccc1)C(=O)OCC)N[C@@H](Cc1ccccc1)C(=O)OCC.CCCN(CCn1cnc2c(=O)[nH]c(N)nc21)CCP(=O)(OCC)OCC.CCOC(=O)[C@@H](N)Cc1ccccc1.Cl.O=C=O.O=C=O. The number of nitrogens with two attached hydrogens (primary N) is 3. The number of H-pyrrole nitrogens is 2. The number of nitrogen functional groups attached to an aromatic ring is 2. The molecule has 97 heavy (non-hydrogen) atoms. The minimum Gasteiger partial charge on any atom is -0.465 e. The zero-order valence-corrected chi connectivity index (χ0v) is 58.4. The van der Waals surface area contributed by atoms with E-state index in [4.69, 9.17) is 59.6 Å². The van der Waals surface area contributed by atoms with E-state index in [1.54, 1.807) is 56.4 Å². The molecule has 31 nitrogen and oxygen atoms in total. The van der Waals surface area contributed by atoms with Crippen LogP contribution in [0.25, 0.3) is 22.3 Å². The van der Waals surface area contributed by atoms with Gasteiger partial charge in [0, 0.05) is 45.4 Å². The second-order valence-corrected chi connectivity index (χ2v) is 25.5. The number of nitrogens with zero attached hydrogens (tertiary/aromatic N) is 8. The van der Waals surface area contributed by atoms with E-state index in [1.807, 2.05) is 97.9 Å². The third kappa shape index (κ3) is 30.7. The zero-order chi connectivity index (χ0) is 70.9. The third-order valence-electron chi connectivity index (χ3n) is 13.8. The number of ether oxygens (including phenoxy) is 3. The lowest BCUT2D eigenvalue weighted by atomic mass is 10.1. The molecule has 0 radical (unpaired) electrons. The van der Waals surface area contributed by atoms with Gasteiger partial charge in [-0.15, -0.1) is 12.4 Å². The number of nitrogens with one attached hydrogen (secondary N) is 4. The number of anilines is 2. The van der Waals surface area contributed by atoms with E-state index >= 15 is 4.57 Å². The first-order valence-electron chi connectivity index (χ1n) is 31.4. The Hall–Kier alpha value is -8.40. The summed E-state index contributed by atoms with van der Waals surface area (Å²) >= 11 is 0. The maximum atomic E-state index is 15.1. The molecule has 0 spiro atoms. The van der Waals surface area contributed by atoms with Crippen LogP contribution in [0, 0.1) is 0 Å². The Morgan fingerprint density at radius 2 is 0.887 bits per heavy atom. The second-order valence-electron chi connectivity index (χ2n) is 20.9. The normalized spacial score (nSPS) is 11.9. The van der Waals surface area contributed by atoms with Crippen molar-refractivity contribution < 1.29 is 65.9 Å². The molecule has 4 aromatic heterocycles. The minimum atomic E-state index is -3.71. The first-order chi connectivity index (χ1) is 46.1. The number of halogens is 1. The Kier molecular flexibility index (Phi) is 40.8. The average Bonchev–Trinajstić information content (AvgIpc) is 1.69. The highest BCUT2D eigenvalue weighted by Crippen LogP contribution is 2.47. The summed E-state index contributed by atoms with van der Waals surface area (Å²) in [6.07, 6.45) is 6.82. The quantitative estimate of drug-likeness (QED) is 0.0151. The third-order valence-corrected chi connectivity index (χ3v) is 18.1. The summed E-state index contributed by atoms with van der Waals surface area (Å²) in [6, 6.07) is 26.0. The number of hydrogen-bond acceptors (Lipinski definition) is 25. The molecule has 7 rings (SSSR count). The van der Waals surface area contributed by atoms with Gasteiger partial charge in [0.2, 0.25) is 19.3 Å². The minimum absolute atomic E-state index is 0. The van der Waals surface area contributed by atoms with Gasteiger partial charge < -0.3 is 59.4 Å². The van der Waals surface area contributed by atoms with Crippen molar-refractivity contribution in [3.63, 3.8) is 0 Å². The lowest BCUT2D eigenvalue weighted by Gasteiger charge is -2.31. The van der Waals surface area contributed by atoms with Crippen LogP contribution in [0.3, 0.4) is 0 Å². The van der Waals surface area contributed by atoms with Crippen LogP contribution in [0.1, 0.15) is 78.0 Å². The summed E-state index contributed by atoms with van der Waals surface area (Å²) in [7, 11) is -6.78. The van der Waals surface area contributed by atoms with Crippen molar-refractivity contribution in [2.75, 3.05) is 96.1 Å². The molecular weight excluding hydrogens is 1320 g/mol. The van der Waals surface area contributed by atoms with Crippen molar-refractivity contribution in [2.45, 2.75) is 112 Å². The molecule has 34 heteroatoms. The van der Waals surface area contributed by atoms with Gasteiger partial charge >= 0.3 is 37.8 Å². The molecule has 3 atom stereocenters. The van der Waals surface area contributed by atoms with Crippen LogP contribution in [-0.2, 0) is 98.3 Å². The number of aromatic amines is 2. The van der Waals surface area contributed by atoms with Crippen LogP contribution < -0.4 is 38.5 Å². The number of carbonyl (C=O) groups is 3. The van der Waals surface area contributed by atoms with Crippen LogP contribution in [0.15, 0.2) is 113 Å². The topological polar surface area (TPSA) is 436 Å². The molecule has 4 heterocycles. The number of carbonyl (C=O) groups excluding carboxylic acids is 7. The molecule has 7 aromatic rings. The highest BCUT2D eigenvalue weighted by Gasteiger charge is 2.36. The van der Waals surface area contributed by atoms with E-state index in [-0.39, 0.29) is 91.4 Å². The van der Waals surface area contributed by atoms with Crippen molar-refractivity contribution in [3.8, 4) is 0 Å². The first kappa shape index (κ1) is 84.7. The monoisotopic (exact) mass is 1410 g/mol. The summed E-state index contributed by atoms with van der Waals surface area (Å²) in [4.78, 5) is 120. The fraction of sp³-hybridized carbons (Fsp3) is 0.476. The number of rotatable bonds is 36. The maximum absolute atomic E-state index is 15.1. The van der Waals surface area contributed by atoms with Crippen LogP contribution >= 0.6 is 27.4 Å². The van der Waals surface area contributed by atoms with Crippen molar-refractivity contribution in [1.82, 2.24) is 59.0 Å². The Balaban J connectivity index is 0.000000554. The van der Waals surface area contributed by atoms with Gasteiger partial charge in [-0.2, -0.15) is 29.1 Å². The molecule has 0 aliphatic heterocycles. The van der Waals surface area contributed by atoms with Gasteiger partial charge in [0.15, 0.2) is 22.3 Å². The number of imidazole rings is 2. The number of fused-ring (bicyclic) bond motifs is 2. The Bertz CT molecular complexity index is 3630. The molecule has 0 amide bonds. The fourth-order valence-electron chi connectivity index (χ4n) is 9.60. The predicted octanol–water partition coefficient (Wildman–Crippen LogP) is 5.19. The highest BCUT2D eigenvalue weighted by molar-refractivity contribution is 7.60. The van der Waals surface area contributed by atoms with Gasteiger partial charge in [-0.1, -0.05) is 105 Å². The molecule has 0 saturated carbocycles. The van der Waals surface area contributed by atoms with Gasteiger partial charge in [0.1, 0.15) is 18.1 Å². The van der Waals surface area contributed by atoms with Crippen LogP contribution in [0.5, 0.6) is 0 Å². The lowest BCUT2D eigenvalue weighted by molar-refractivity contribution is -0.193. The first-order valence-corrected chi connectivity index (χ1v) is 35.0. The summed E-state index contributed by atoms with van der Waals surface area (Å²) < 4.78 is 57.6. The van der Waals surface area contributed by atoms with E-state index in [1.165, 1.54) is 0 Å². The number of esters is 3. The number of aromatic nitrogens is 8. The van der Waals surface area contributed by atoms with E-state index in [0.717, 1.165) is 36.1 Å². The van der Waals surface area contributed by atoms with Gasteiger partial charge in [-0.3, -0.25) is 43.1 Å². The number of hydrogen-bond donors (Lipinski definition) is 7. The number of benzene rings is 3. The van der Waals surface area contributed by atoms with Crippen LogP contribution in [0.4, 0.5) is 11.9 Å². The predicted molar refractivity (Wildman–Crippen MR) is 366 cm³/mol. The molecule has 3 aromatic carbocycles. The van der Waals surface area contributed by atoms with Crippen molar-refractivity contribution in [3.05, 3.63) is 141 Å². The van der Waals surface area contributed by atoms with Crippen LogP contribution in [-0.4, -0.2) is 182 Å². The summed E-state index contributed by atoms with van der Waals surface area (Å²) in [5.41, 5.74) is 20.4. The Labute approximate surface area is 569 Å². The molecule has 0 unspecified atom stereocenters. The molecule has 0 fully saturated rings. The zero-order valence-electron chi connectivity index (χ0n) is 55.8. The lowest BCUT2D eigenvalue weighted by Crippen LogP contribution is -2.47. The summed E-state index contributed by atoms with van der Waals surface area (Å²) in [5.74, 6) is -1.35. The van der Waals surface area contributed by atoms with Crippen molar-refractivity contribution in [1.29, 1.82) is 0 Å². The second kappa shape index (κ2) is 46.7. The Morgan fingerprint density at radius 1 is 0.536 bits per heavy atom. The molecule has 0 saturated heterocycles. The smallest absolute Gasteiger partial charge is 0.373 e. The van der Waals surface area contributed by atoms with Gasteiger partial charge in [-0.05, 0) is 96.5 Å². The highest BCUT2D eigenvalue weighted by atomic mass is 35.5. The molecule has 0 aliphatic carbocycles. The van der Waals surface area contributed by atoms with E-state index in [0.29, 0.717) is 89.5 Å². The van der Waals surface area contributed by atoms with E-state index in [9.17, 15) is 28.5 Å². The standard InChI is InChI=1S/C34H47N8O6P.C16H29N6O4P.C11H15NO2.2CO2.ClH/c1-4-17-41(18-19-42-24-36-29-30(42)37-34(35)38-31(29)43)20-21-49(46,39-27(32(44)47-5-2)22-25-13-9-7-10-14-25)40-28(33(45)48-6-3)23-26-15-11-8-12-16-26;1-4-7-21(10-11-27(24,25-5-2)26-6-3)8-9-22-12-18-13-14(22)19-16(17)20-15(13)23;1-2-14-11(13)10(12)8-9-6-4-3-5-7-9;2*2-1-3;/h7-16,24,27-28H,4-6,17-23H2,1-3H3,(H2,39,40,46)(H3,35,37,38,43);12H,4-11H2,1-3H3,(H3,17,19,20,23);3-7,10H,2,8,12H2,1H3;;;1H/t27-,28-;;10-;;;/m0.0.../s1. The average molecular weight is 1410 g/mol. The largest absolute Gasteiger partial charge is 0.465 e. The summed E-state index contributed by atoms with van der Waals surface area (Å²) in [6.45, 7) is 19.1. The molecular formula is C63H92ClN15O16P2. The molecule has 0 bridgehead atoms. The van der Waals surface area contributed by atoms with Gasteiger partial charge in [0.05, 0.1) is 51.9 Å². The van der Waals surface area contributed by atoms with Crippen molar-refractivity contribution >= 4 is 91.9 Å². The van der Waals surface area contributed by atoms with Crippen LogP contribution in [0.2, 0.25) is 0 Å². The van der Waals surface area contributed by atoms with Gasteiger partial charge in [0.25, 0.3) is 11.1 Å². The van der Waals surface area contributed by atoms with Gasteiger partial charge in [-0.25, -0.2) is 20.1 Å². The van der Waals surface area contributed by atoms with E-state index < -0.39 is 50.7 Å². The Morgan fingerprint density at radius 3 is 1.24 bits per heavy atom. The summed E-state index contributed by atoms with van der Waals surface area (Å²) in [5, 5.41) is 6.28. The van der Waals surface area contributed by atoms with Crippen molar-refractivity contribution in [2.24, 2.45) is 5.73 Å². The van der Waals surface area contributed by atoms with E-state index in [2.05, 4.69) is 56.8 Å². The molecule has 0 aliphatic rings. The molecule has 532 valence electrons. The fourth-order valence-corrected chi connectivity index (χ4v) is 13.5.